The minimum Gasteiger partial charge on any atom is -0.404 e. The first-order valence-electron chi connectivity index (χ1n) is 9.74. The van der Waals surface area contributed by atoms with Crippen molar-refractivity contribution in [3.8, 4) is 0 Å². The standard InChI is InChI=1S/C23H27N5S2/c24-13-19(15-29)18-4-5-21(25)20(12-18)23(27)22(26)11-16-2-1-3-17(10-16)14-28-6-8-30-9-7-28/h1-5,10-13,15,27H,6-9,14,24-26H2/b19-13+,22-11-,27-23?. The van der Waals surface area contributed by atoms with Gasteiger partial charge in [-0.15, -0.1) is 0 Å². The van der Waals surface area contributed by atoms with Gasteiger partial charge in [0, 0.05) is 59.5 Å². The van der Waals surface area contributed by atoms with E-state index in [4.69, 9.17) is 34.8 Å². The van der Waals surface area contributed by atoms with Crippen molar-refractivity contribution in [2.24, 2.45) is 11.5 Å². The Kier molecular flexibility index (Phi) is 7.68. The second-order valence-electron chi connectivity index (χ2n) is 7.15. The summed E-state index contributed by atoms with van der Waals surface area (Å²) < 4.78 is 0. The maximum atomic E-state index is 8.57. The summed E-state index contributed by atoms with van der Waals surface area (Å²) in [4.78, 5) is 2.47. The van der Waals surface area contributed by atoms with Gasteiger partial charge in [0.1, 0.15) is 0 Å². The van der Waals surface area contributed by atoms with Gasteiger partial charge in [-0.25, -0.2) is 0 Å². The molecule has 1 aliphatic heterocycles. The van der Waals surface area contributed by atoms with Gasteiger partial charge in [-0.2, -0.15) is 11.8 Å². The minimum absolute atomic E-state index is 0.175. The highest BCUT2D eigenvalue weighted by molar-refractivity contribution is 7.99. The maximum absolute atomic E-state index is 8.57. The molecule has 156 valence electrons. The minimum atomic E-state index is 0.175. The van der Waals surface area contributed by atoms with Crippen molar-refractivity contribution in [3.05, 3.63) is 76.6 Å². The van der Waals surface area contributed by atoms with E-state index in [2.05, 4.69) is 17.0 Å². The molecule has 3 rings (SSSR count). The molecule has 2 aromatic rings. The number of nitrogens with zero attached hydrogens (tertiary/aromatic N) is 1. The number of nitrogen functional groups attached to an aromatic ring is 1. The second-order valence-corrected chi connectivity index (χ2v) is 8.61. The Morgan fingerprint density at radius 3 is 2.63 bits per heavy atom. The van der Waals surface area contributed by atoms with Crippen LogP contribution in [0.1, 0.15) is 22.3 Å². The molecular weight excluding hydrogens is 410 g/mol. The summed E-state index contributed by atoms with van der Waals surface area (Å²) in [6.45, 7) is 3.17. The molecule has 7 heteroatoms. The van der Waals surface area contributed by atoms with Crippen LogP contribution in [0.15, 0.2) is 54.4 Å². The summed E-state index contributed by atoms with van der Waals surface area (Å²) in [7, 11) is 0. The first kappa shape index (κ1) is 22.1. The molecule has 0 aromatic heterocycles. The lowest BCUT2D eigenvalue weighted by molar-refractivity contribution is 0.294. The van der Waals surface area contributed by atoms with Crippen LogP contribution in [-0.2, 0) is 6.54 Å². The number of benzene rings is 2. The van der Waals surface area contributed by atoms with Crippen molar-refractivity contribution < 1.29 is 0 Å². The van der Waals surface area contributed by atoms with Crippen LogP contribution in [0, 0.1) is 5.41 Å². The van der Waals surface area contributed by atoms with Crippen LogP contribution in [0.2, 0.25) is 0 Å². The van der Waals surface area contributed by atoms with Crippen LogP contribution < -0.4 is 17.2 Å². The molecule has 0 radical (unpaired) electrons. The average Bonchev–Trinajstić information content (AvgIpc) is 2.76. The fourth-order valence-electron chi connectivity index (χ4n) is 3.36. The summed E-state index contributed by atoms with van der Waals surface area (Å²) in [5.74, 6) is 2.38. The second kappa shape index (κ2) is 10.4. The molecule has 30 heavy (non-hydrogen) atoms. The van der Waals surface area contributed by atoms with Crippen LogP contribution in [-0.4, -0.2) is 40.6 Å². The summed E-state index contributed by atoms with van der Waals surface area (Å²) in [5, 5.41) is 10.1. The van der Waals surface area contributed by atoms with Gasteiger partial charge in [0.15, 0.2) is 0 Å². The highest BCUT2D eigenvalue weighted by Crippen LogP contribution is 2.22. The van der Waals surface area contributed by atoms with Crippen molar-refractivity contribution >= 4 is 52.4 Å². The topological polar surface area (TPSA) is 105 Å². The fourth-order valence-corrected chi connectivity index (χ4v) is 4.56. The molecule has 0 amide bonds. The summed E-state index contributed by atoms with van der Waals surface area (Å²) >= 11 is 7.02. The molecule has 1 saturated heterocycles. The third-order valence-electron chi connectivity index (χ3n) is 5.03. The molecule has 1 heterocycles. The third kappa shape index (κ3) is 5.50. The van der Waals surface area contributed by atoms with Crippen molar-refractivity contribution in [2.75, 3.05) is 30.3 Å². The zero-order valence-electron chi connectivity index (χ0n) is 16.8. The highest BCUT2D eigenvalue weighted by atomic mass is 32.2. The van der Waals surface area contributed by atoms with Crippen LogP contribution >= 0.6 is 24.0 Å². The van der Waals surface area contributed by atoms with E-state index in [1.165, 1.54) is 28.6 Å². The van der Waals surface area contributed by atoms with Gasteiger partial charge in [0.2, 0.25) is 0 Å². The molecule has 0 unspecified atom stereocenters. The summed E-state index contributed by atoms with van der Waals surface area (Å²) in [6.07, 6.45) is 3.26. The van der Waals surface area contributed by atoms with Gasteiger partial charge in [-0.1, -0.05) is 42.5 Å². The van der Waals surface area contributed by atoms with E-state index in [0.29, 0.717) is 22.5 Å². The largest absolute Gasteiger partial charge is 0.404 e. The van der Waals surface area contributed by atoms with Gasteiger partial charge >= 0.3 is 0 Å². The maximum Gasteiger partial charge on any atom is 0.0862 e. The van der Waals surface area contributed by atoms with Crippen molar-refractivity contribution in [1.82, 2.24) is 4.90 Å². The number of thiocarbonyl (C=S) groups is 1. The van der Waals surface area contributed by atoms with E-state index in [9.17, 15) is 0 Å². The van der Waals surface area contributed by atoms with E-state index in [-0.39, 0.29) is 5.71 Å². The SMILES string of the molecule is N=C(/C(N)=C/c1cccc(CN2CCSCC2)c1)c1cc(/C(C=S)=C/N)ccc1N. The lowest BCUT2D eigenvalue weighted by Gasteiger charge is -2.26. The molecule has 0 bridgehead atoms. The van der Waals surface area contributed by atoms with Crippen LogP contribution in [0.5, 0.6) is 0 Å². The normalized spacial score (nSPS) is 15.7. The van der Waals surface area contributed by atoms with E-state index in [1.54, 1.807) is 12.1 Å². The number of nitrogens with one attached hydrogen (secondary N) is 1. The average molecular weight is 438 g/mol. The number of hydrogen-bond donors (Lipinski definition) is 4. The highest BCUT2D eigenvalue weighted by Gasteiger charge is 2.13. The van der Waals surface area contributed by atoms with E-state index >= 15 is 0 Å². The molecule has 1 fully saturated rings. The predicted octanol–water partition coefficient (Wildman–Crippen LogP) is 3.48. The molecular formula is C23H27N5S2. The zero-order valence-corrected chi connectivity index (χ0v) is 18.4. The van der Waals surface area contributed by atoms with Crippen LogP contribution in [0.4, 0.5) is 5.69 Å². The number of anilines is 1. The number of nitrogens with two attached hydrogens (primary N) is 3. The molecule has 1 aliphatic rings. The molecule has 0 aliphatic carbocycles. The van der Waals surface area contributed by atoms with Gasteiger partial charge in [0.25, 0.3) is 0 Å². The Balaban J connectivity index is 1.81. The van der Waals surface area contributed by atoms with Gasteiger partial charge in [-0.3, -0.25) is 10.3 Å². The lowest BCUT2D eigenvalue weighted by Crippen LogP contribution is -2.31. The van der Waals surface area contributed by atoms with Crippen LogP contribution in [0.3, 0.4) is 0 Å². The smallest absolute Gasteiger partial charge is 0.0862 e. The zero-order chi connectivity index (χ0) is 21.5. The number of hydrogen-bond acceptors (Lipinski definition) is 7. The van der Waals surface area contributed by atoms with Gasteiger partial charge in [0.05, 0.1) is 11.4 Å². The summed E-state index contributed by atoms with van der Waals surface area (Å²) in [6, 6.07) is 13.7. The molecule has 0 atom stereocenters. The molecule has 0 spiro atoms. The molecule has 5 nitrogen and oxygen atoms in total. The molecule has 0 saturated carbocycles. The summed E-state index contributed by atoms with van der Waals surface area (Å²) in [5.41, 5.74) is 23.3. The molecule has 2 aromatic carbocycles. The van der Waals surface area contributed by atoms with E-state index in [1.807, 2.05) is 36.0 Å². The Morgan fingerprint density at radius 1 is 1.17 bits per heavy atom. The van der Waals surface area contributed by atoms with E-state index < -0.39 is 0 Å². The number of thioether (sulfide) groups is 1. The number of allylic oxidation sites excluding steroid dienone is 2. The van der Waals surface area contributed by atoms with Crippen molar-refractivity contribution in [2.45, 2.75) is 6.54 Å². The lowest BCUT2D eigenvalue weighted by atomic mass is 9.98. The third-order valence-corrected chi connectivity index (χ3v) is 6.23. The Bertz CT molecular complexity index is 991. The first-order chi connectivity index (χ1) is 14.5. The van der Waals surface area contributed by atoms with Crippen LogP contribution in [0.25, 0.3) is 11.6 Å². The van der Waals surface area contributed by atoms with Gasteiger partial charge < -0.3 is 17.2 Å². The quantitative estimate of drug-likeness (QED) is 0.229. The van der Waals surface area contributed by atoms with Gasteiger partial charge in [-0.05, 0) is 34.9 Å². The van der Waals surface area contributed by atoms with Crippen molar-refractivity contribution in [1.29, 1.82) is 5.41 Å². The van der Waals surface area contributed by atoms with E-state index in [0.717, 1.165) is 30.8 Å². The Morgan fingerprint density at radius 2 is 1.93 bits per heavy atom. The first-order valence-corrected chi connectivity index (χ1v) is 11.4. The molecule has 7 N–H and O–H groups in total. The Labute approximate surface area is 187 Å². The van der Waals surface area contributed by atoms with Crippen molar-refractivity contribution in [3.63, 3.8) is 0 Å². The monoisotopic (exact) mass is 437 g/mol. The fraction of sp³-hybridized carbons (Fsp3) is 0.217. The Hall–Kier alpha value is -2.61. The predicted molar refractivity (Wildman–Crippen MR) is 135 cm³/mol. The number of rotatable bonds is 7.